The van der Waals surface area contributed by atoms with Crippen LogP contribution in [0.25, 0.3) is 0 Å². The molecule has 1 aromatic rings. The first-order valence-corrected chi connectivity index (χ1v) is 9.11. The van der Waals surface area contributed by atoms with E-state index in [0.29, 0.717) is 0 Å². The third kappa shape index (κ3) is 2.63. The monoisotopic (exact) mass is 326 g/mol. The normalized spacial score (nSPS) is 23.6. The molecule has 4 nitrogen and oxygen atoms in total. The number of aliphatic imine (C=N–C) groups is 1. The Morgan fingerprint density at radius 3 is 3.04 bits per heavy atom. The van der Waals surface area contributed by atoms with Crippen LogP contribution in [0.3, 0.4) is 0 Å². The number of nitro groups is 1. The van der Waals surface area contributed by atoms with Crippen molar-refractivity contribution < 1.29 is 4.92 Å². The second-order valence-corrected chi connectivity index (χ2v) is 7.30. The van der Waals surface area contributed by atoms with Crippen molar-refractivity contribution in [3.8, 4) is 0 Å². The Bertz CT molecular complexity index is 764. The molecule has 3 aliphatic rings. The average Bonchev–Trinajstić information content (AvgIpc) is 2.59. The number of hydrogen-bond acceptors (Lipinski definition) is 4. The van der Waals surface area contributed by atoms with E-state index in [1.807, 2.05) is 17.8 Å². The molecule has 1 aromatic carbocycles. The second kappa shape index (κ2) is 5.96. The number of non-ortho nitro benzene ring substituents is 1. The highest BCUT2D eigenvalue weighted by molar-refractivity contribution is 8.03. The van der Waals surface area contributed by atoms with Gasteiger partial charge in [-0.05, 0) is 49.0 Å². The van der Waals surface area contributed by atoms with Gasteiger partial charge in [0.1, 0.15) is 0 Å². The van der Waals surface area contributed by atoms with Crippen molar-refractivity contribution in [2.24, 2.45) is 4.99 Å². The molecule has 0 amide bonds. The number of rotatable bonds is 2. The van der Waals surface area contributed by atoms with Crippen LogP contribution in [0.2, 0.25) is 0 Å². The predicted octanol–water partition coefficient (Wildman–Crippen LogP) is 4.98. The number of hydrogen-bond donors (Lipinski definition) is 0. The van der Waals surface area contributed by atoms with E-state index in [1.165, 1.54) is 28.3 Å². The van der Waals surface area contributed by atoms with Crippen LogP contribution >= 0.6 is 11.8 Å². The van der Waals surface area contributed by atoms with Crippen LogP contribution in [0.4, 0.5) is 5.69 Å². The molecule has 5 heteroatoms. The first kappa shape index (κ1) is 14.7. The minimum Gasteiger partial charge on any atom is -0.258 e. The van der Waals surface area contributed by atoms with Gasteiger partial charge in [0.15, 0.2) is 0 Å². The number of fused-ring (bicyclic) bond motifs is 1. The van der Waals surface area contributed by atoms with Crippen LogP contribution in [0.5, 0.6) is 0 Å². The molecular weight excluding hydrogens is 308 g/mol. The lowest BCUT2D eigenvalue weighted by Gasteiger charge is -2.34. The highest BCUT2D eigenvalue weighted by Gasteiger charge is 2.34. The third-order valence-corrected chi connectivity index (χ3v) is 5.95. The second-order valence-electron chi connectivity index (χ2n) is 6.16. The van der Waals surface area contributed by atoms with Crippen LogP contribution < -0.4 is 0 Å². The maximum Gasteiger partial charge on any atom is 0.269 e. The van der Waals surface area contributed by atoms with E-state index in [1.54, 1.807) is 18.2 Å². The Hall–Kier alpha value is -1.88. The van der Waals surface area contributed by atoms with Crippen molar-refractivity contribution in [2.45, 2.75) is 38.0 Å². The van der Waals surface area contributed by atoms with Crippen molar-refractivity contribution in [3.05, 3.63) is 62.2 Å². The lowest BCUT2D eigenvalue weighted by molar-refractivity contribution is -0.384. The summed E-state index contributed by atoms with van der Waals surface area (Å²) >= 11 is 1.88. The molecule has 1 atom stereocenters. The Balaban J connectivity index is 1.85. The molecule has 0 radical (unpaired) electrons. The van der Waals surface area contributed by atoms with Crippen LogP contribution in [0.1, 0.15) is 43.6 Å². The largest absolute Gasteiger partial charge is 0.269 e. The number of benzene rings is 1. The highest BCUT2D eigenvalue weighted by Crippen LogP contribution is 2.49. The zero-order chi connectivity index (χ0) is 15.8. The Kier molecular flexibility index (Phi) is 3.81. The van der Waals surface area contributed by atoms with Gasteiger partial charge in [0.25, 0.3) is 5.69 Å². The summed E-state index contributed by atoms with van der Waals surface area (Å²) in [5.74, 6) is 1.26. The topological polar surface area (TPSA) is 55.5 Å². The van der Waals surface area contributed by atoms with Gasteiger partial charge in [-0.15, -0.1) is 11.8 Å². The quantitative estimate of drug-likeness (QED) is 0.569. The molecule has 2 heterocycles. The number of nitrogens with zero attached hydrogens (tertiary/aromatic N) is 2. The van der Waals surface area contributed by atoms with Gasteiger partial charge in [0.2, 0.25) is 0 Å². The van der Waals surface area contributed by atoms with Crippen molar-refractivity contribution in [3.63, 3.8) is 0 Å². The molecule has 0 spiro atoms. The SMILES string of the molecule is O=[N+]([O-])c1cccc(C2C3=CCCCC3=NC3=C2SCCC3)c1. The van der Waals surface area contributed by atoms with E-state index in [4.69, 9.17) is 4.99 Å². The van der Waals surface area contributed by atoms with Crippen LogP contribution in [0.15, 0.2) is 51.5 Å². The van der Waals surface area contributed by atoms with Crippen molar-refractivity contribution in [2.75, 3.05) is 5.75 Å². The molecule has 23 heavy (non-hydrogen) atoms. The van der Waals surface area contributed by atoms with E-state index >= 15 is 0 Å². The predicted molar refractivity (Wildman–Crippen MR) is 93.9 cm³/mol. The van der Waals surface area contributed by atoms with Crippen molar-refractivity contribution >= 4 is 23.2 Å². The van der Waals surface area contributed by atoms with Gasteiger partial charge in [-0.1, -0.05) is 18.2 Å². The first-order chi connectivity index (χ1) is 11.2. The minimum absolute atomic E-state index is 0.142. The third-order valence-electron chi connectivity index (χ3n) is 4.67. The summed E-state index contributed by atoms with van der Waals surface area (Å²) in [7, 11) is 0. The lowest BCUT2D eigenvalue weighted by atomic mass is 9.80. The Labute approximate surface area is 139 Å². The molecule has 1 aliphatic carbocycles. The van der Waals surface area contributed by atoms with E-state index < -0.39 is 0 Å². The Morgan fingerprint density at radius 2 is 2.17 bits per heavy atom. The zero-order valence-electron chi connectivity index (χ0n) is 12.8. The molecule has 118 valence electrons. The van der Waals surface area contributed by atoms with Crippen LogP contribution in [-0.2, 0) is 0 Å². The van der Waals surface area contributed by atoms with Crippen LogP contribution in [-0.4, -0.2) is 16.4 Å². The lowest BCUT2D eigenvalue weighted by Crippen LogP contribution is -2.22. The maximum atomic E-state index is 11.2. The van der Waals surface area contributed by atoms with Gasteiger partial charge in [0.05, 0.1) is 10.6 Å². The molecular formula is C18H18N2O2S. The fraction of sp³-hybridized carbons (Fsp3) is 0.389. The fourth-order valence-electron chi connectivity index (χ4n) is 3.64. The van der Waals surface area contributed by atoms with E-state index in [0.717, 1.165) is 37.0 Å². The average molecular weight is 326 g/mol. The summed E-state index contributed by atoms with van der Waals surface area (Å²) in [5, 5.41) is 11.2. The van der Waals surface area contributed by atoms with E-state index in [2.05, 4.69) is 6.08 Å². The van der Waals surface area contributed by atoms with Gasteiger partial charge in [-0.25, -0.2) is 0 Å². The number of thioether (sulfide) groups is 1. The summed E-state index contributed by atoms with van der Waals surface area (Å²) in [6, 6.07) is 7.13. The molecule has 1 unspecified atom stereocenters. The van der Waals surface area contributed by atoms with Crippen molar-refractivity contribution in [1.82, 2.24) is 0 Å². The number of allylic oxidation sites excluding steroid dienone is 4. The molecule has 0 bridgehead atoms. The van der Waals surface area contributed by atoms with Gasteiger partial charge in [0, 0.05) is 28.7 Å². The number of nitro benzene ring substituents is 1. The van der Waals surface area contributed by atoms with Gasteiger partial charge >= 0.3 is 0 Å². The van der Waals surface area contributed by atoms with E-state index in [9.17, 15) is 10.1 Å². The van der Waals surface area contributed by atoms with Gasteiger partial charge in [-0.2, -0.15) is 0 Å². The van der Waals surface area contributed by atoms with E-state index in [-0.39, 0.29) is 16.5 Å². The van der Waals surface area contributed by atoms with Crippen molar-refractivity contribution in [1.29, 1.82) is 0 Å². The molecule has 0 saturated carbocycles. The summed E-state index contributed by atoms with van der Waals surface area (Å²) in [6.45, 7) is 0. The molecule has 0 N–H and O–H groups in total. The molecule has 0 fully saturated rings. The van der Waals surface area contributed by atoms with Crippen LogP contribution in [0, 0.1) is 10.1 Å². The molecule has 0 saturated heterocycles. The standard InChI is InChI=1S/C18H18N2O2S/c21-20(22)13-6-3-5-12(11-13)17-14-7-1-2-8-15(14)19-16-9-4-10-23-18(16)17/h3,5-7,11,17H,1-2,4,8-10H2. The minimum atomic E-state index is -0.306. The summed E-state index contributed by atoms with van der Waals surface area (Å²) in [5.41, 5.74) is 4.90. The fourth-order valence-corrected chi connectivity index (χ4v) is 4.89. The summed E-state index contributed by atoms with van der Waals surface area (Å²) < 4.78 is 0. The summed E-state index contributed by atoms with van der Waals surface area (Å²) in [6.07, 6.45) is 7.75. The first-order valence-electron chi connectivity index (χ1n) is 8.12. The van der Waals surface area contributed by atoms with Gasteiger partial charge in [-0.3, -0.25) is 15.1 Å². The maximum absolute atomic E-state index is 11.2. The zero-order valence-corrected chi connectivity index (χ0v) is 13.6. The molecule has 0 aromatic heterocycles. The summed E-state index contributed by atoms with van der Waals surface area (Å²) in [4.78, 5) is 17.1. The smallest absolute Gasteiger partial charge is 0.258 e. The highest BCUT2D eigenvalue weighted by atomic mass is 32.2. The van der Waals surface area contributed by atoms with Gasteiger partial charge < -0.3 is 0 Å². The molecule has 2 aliphatic heterocycles. The molecule has 4 rings (SSSR count). The Morgan fingerprint density at radius 1 is 1.26 bits per heavy atom.